The van der Waals surface area contributed by atoms with Crippen LogP contribution in [0, 0.1) is 11.8 Å². The van der Waals surface area contributed by atoms with Gasteiger partial charge in [-0.3, -0.25) is 9.59 Å². The van der Waals surface area contributed by atoms with Gasteiger partial charge in [-0.05, 0) is 83.7 Å². The van der Waals surface area contributed by atoms with Gasteiger partial charge in [-0.2, -0.15) is 0 Å². The van der Waals surface area contributed by atoms with E-state index in [-0.39, 0.29) is 0 Å². The molecule has 0 bridgehead atoms. The van der Waals surface area contributed by atoms with Gasteiger partial charge in [0.1, 0.15) is 0 Å². The fourth-order valence-corrected chi connectivity index (χ4v) is 10.2. The highest BCUT2D eigenvalue weighted by Crippen LogP contribution is 2.52. The molecule has 2 nitrogen and oxygen atoms in total. The zero-order chi connectivity index (χ0) is 29.6. The highest BCUT2D eigenvalue weighted by atomic mass is 32.1. The molecule has 2 unspecified atom stereocenters. The van der Waals surface area contributed by atoms with Gasteiger partial charge in [0, 0.05) is 41.1 Å². The van der Waals surface area contributed by atoms with E-state index in [0.717, 1.165) is 57.8 Å². The Labute approximate surface area is 266 Å². The second-order valence-electron chi connectivity index (χ2n) is 11.8. The molecule has 0 aliphatic heterocycles. The second-order valence-corrected chi connectivity index (χ2v) is 15.8. The number of aldehydes is 2. The van der Waals surface area contributed by atoms with Crippen molar-refractivity contribution >= 4 is 78.1 Å². The van der Waals surface area contributed by atoms with Crippen molar-refractivity contribution in [3.05, 3.63) is 55.9 Å². The first kappa shape index (κ1) is 31.3. The Kier molecular flexibility index (Phi) is 10.9. The number of rotatable bonds is 16. The number of thiophene rings is 4. The molecule has 6 heteroatoms. The van der Waals surface area contributed by atoms with Gasteiger partial charge in [0.15, 0.2) is 12.6 Å². The molecule has 0 radical (unpaired) electrons. The molecule has 2 atom stereocenters. The highest BCUT2D eigenvalue weighted by Gasteiger charge is 2.25. The predicted molar refractivity (Wildman–Crippen MR) is 189 cm³/mol. The van der Waals surface area contributed by atoms with Gasteiger partial charge in [-0.1, -0.05) is 66.2 Å². The first-order valence-corrected chi connectivity index (χ1v) is 18.9. The number of aryl methyl sites for hydroxylation is 2. The minimum atomic E-state index is 0.763. The second kappa shape index (κ2) is 14.6. The van der Waals surface area contributed by atoms with Crippen LogP contribution < -0.4 is 0 Å². The maximum Gasteiger partial charge on any atom is 0.160 e. The van der Waals surface area contributed by atoms with Crippen LogP contribution in [-0.2, 0) is 12.8 Å². The van der Waals surface area contributed by atoms with Crippen LogP contribution in [0.3, 0.4) is 0 Å². The molecule has 0 aliphatic rings. The number of carbonyl (C=O) groups excluding carboxylic acids is 2. The molecule has 4 aromatic heterocycles. The van der Waals surface area contributed by atoms with Gasteiger partial charge in [0.05, 0.1) is 9.75 Å². The predicted octanol–water partition coefficient (Wildman–Crippen LogP) is 12.7. The van der Waals surface area contributed by atoms with E-state index < -0.39 is 0 Å². The van der Waals surface area contributed by atoms with Gasteiger partial charge < -0.3 is 0 Å². The van der Waals surface area contributed by atoms with Crippen molar-refractivity contribution in [3.8, 4) is 20.9 Å². The summed E-state index contributed by atoms with van der Waals surface area (Å²) in [6.07, 6.45) is 14.0. The molecular formula is C36H42O2S4. The van der Waals surface area contributed by atoms with E-state index in [9.17, 15) is 9.59 Å². The van der Waals surface area contributed by atoms with Crippen molar-refractivity contribution in [2.45, 2.75) is 91.9 Å². The molecule has 0 saturated heterocycles. The van der Waals surface area contributed by atoms with Crippen LogP contribution in [0.25, 0.3) is 41.1 Å². The molecule has 222 valence electrons. The van der Waals surface area contributed by atoms with Crippen molar-refractivity contribution in [2.75, 3.05) is 0 Å². The molecular weight excluding hydrogens is 593 g/mol. The standard InChI is InChI=1S/C36H42O2S4/c1-5-23(3)11-7-9-13-25-15-17-39-33(25)31-29-19-27(21-37)42-36(29)32(30-20-28(22-38)41-35(30)31)34-26(16-18-40-34)14-10-8-12-24(4)6-2/h15-24H,5-14H2,1-4H3. The van der Waals surface area contributed by atoms with E-state index in [4.69, 9.17) is 0 Å². The lowest BCUT2D eigenvalue weighted by Gasteiger charge is -2.14. The smallest absolute Gasteiger partial charge is 0.160 e. The van der Waals surface area contributed by atoms with Crippen LogP contribution in [0.1, 0.15) is 110 Å². The Bertz CT molecular complexity index is 1470. The largest absolute Gasteiger partial charge is 0.297 e. The van der Waals surface area contributed by atoms with Gasteiger partial charge in [0.2, 0.25) is 0 Å². The molecule has 0 saturated carbocycles. The van der Waals surface area contributed by atoms with Crippen LogP contribution in [0.4, 0.5) is 0 Å². The first-order valence-electron chi connectivity index (χ1n) is 15.6. The molecule has 0 N–H and O–H groups in total. The van der Waals surface area contributed by atoms with E-state index in [2.05, 4.69) is 62.7 Å². The summed E-state index contributed by atoms with van der Waals surface area (Å²) < 4.78 is 2.35. The Morgan fingerprint density at radius 2 is 1.10 bits per heavy atom. The number of hydrogen-bond donors (Lipinski definition) is 0. The maximum atomic E-state index is 12.1. The molecule has 42 heavy (non-hydrogen) atoms. The molecule has 1 aromatic carbocycles. The molecule has 0 amide bonds. The lowest BCUT2D eigenvalue weighted by Crippen LogP contribution is -1.94. The molecule has 5 aromatic rings. The fraction of sp³-hybridized carbons (Fsp3) is 0.444. The van der Waals surface area contributed by atoms with Crippen LogP contribution in [0.5, 0.6) is 0 Å². The Morgan fingerprint density at radius 1 is 0.667 bits per heavy atom. The van der Waals surface area contributed by atoms with Crippen molar-refractivity contribution in [2.24, 2.45) is 11.8 Å². The summed E-state index contributed by atoms with van der Waals surface area (Å²) in [4.78, 5) is 28.4. The molecule has 0 spiro atoms. The summed E-state index contributed by atoms with van der Waals surface area (Å²) in [7, 11) is 0. The van der Waals surface area contributed by atoms with Gasteiger partial charge in [0.25, 0.3) is 0 Å². The van der Waals surface area contributed by atoms with Crippen LogP contribution in [-0.4, -0.2) is 12.6 Å². The summed E-state index contributed by atoms with van der Waals surface area (Å²) >= 11 is 6.80. The van der Waals surface area contributed by atoms with E-state index in [0.29, 0.717) is 0 Å². The van der Waals surface area contributed by atoms with Crippen LogP contribution in [0.2, 0.25) is 0 Å². The lowest BCUT2D eigenvalue weighted by atomic mass is 9.94. The molecule has 5 rings (SSSR count). The summed E-state index contributed by atoms with van der Waals surface area (Å²) in [5.74, 6) is 1.56. The maximum absolute atomic E-state index is 12.1. The van der Waals surface area contributed by atoms with E-state index in [1.54, 1.807) is 45.3 Å². The third-order valence-electron chi connectivity index (χ3n) is 8.85. The number of benzene rings is 1. The van der Waals surface area contributed by atoms with Crippen molar-refractivity contribution in [3.63, 3.8) is 0 Å². The lowest BCUT2D eigenvalue weighted by molar-refractivity contribution is 0.111. The summed E-state index contributed by atoms with van der Waals surface area (Å²) in [6.45, 7) is 9.25. The normalized spacial score (nSPS) is 13.2. The average molecular weight is 635 g/mol. The zero-order valence-corrected chi connectivity index (χ0v) is 28.6. The minimum Gasteiger partial charge on any atom is -0.297 e. The van der Waals surface area contributed by atoms with E-state index in [1.807, 2.05) is 0 Å². The molecule has 0 aliphatic carbocycles. The van der Waals surface area contributed by atoms with Crippen molar-refractivity contribution < 1.29 is 9.59 Å². The minimum absolute atomic E-state index is 0.763. The van der Waals surface area contributed by atoms with Crippen molar-refractivity contribution in [1.29, 1.82) is 0 Å². The summed E-state index contributed by atoms with van der Waals surface area (Å²) in [5, 5.41) is 6.73. The Balaban J connectivity index is 1.60. The molecule has 0 fully saturated rings. The SMILES string of the molecule is CCC(C)CCCCc1ccsc1-c1c2cc(C=O)sc2c(-c2sccc2CCCCC(C)CC)c2cc(C=O)sc12. The number of unbranched alkanes of at least 4 members (excludes halogenated alkanes) is 2. The Hall–Kier alpha value is -2.12. The number of carbonyl (C=O) groups is 2. The van der Waals surface area contributed by atoms with E-state index in [1.165, 1.54) is 92.8 Å². The van der Waals surface area contributed by atoms with Crippen LogP contribution >= 0.6 is 45.3 Å². The average Bonchev–Trinajstić information content (AvgIpc) is 3.82. The van der Waals surface area contributed by atoms with Gasteiger partial charge in [-0.25, -0.2) is 0 Å². The third kappa shape index (κ3) is 6.67. The topological polar surface area (TPSA) is 34.1 Å². The third-order valence-corrected chi connectivity index (χ3v) is 13.0. The highest BCUT2D eigenvalue weighted by molar-refractivity contribution is 7.24. The van der Waals surface area contributed by atoms with Crippen LogP contribution in [0.15, 0.2) is 35.0 Å². The quantitative estimate of drug-likeness (QED) is 0.0799. The Morgan fingerprint density at radius 3 is 1.48 bits per heavy atom. The fourth-order valence-electron chi connectivity index (χ4n) is 5.90. The van der Waals surface area contributed by atoms with Gasteiger partial charge in [-0.15, -0.1) is 45.3 Å². The first-order chi connectivity index (χ1) is 20.5. The number of hydrogen-bond acceptors (Lipinski definition) is 6. The molecule has 4 heterocycles. The van der Waals surface area contributed by atoms with E-state index >= 15 is 0 Å². The summed E-state index contributed by atoms with van der Waals surface area (Å²) in [5.41, 5.74) is 5.20. The monoisotopic (exact) mass is 634 g/mol. The zero-order valence-electron chi connectivity index (χ0n) is 25.3. The van der Waals surface area contributed by atoms with Gasteiger partial charge >= 0.3 is 0 Å². The summed E-state index contributed by atoms with van der Waals surface area (Å²) in [6, 6.07) is 8.76. The van der Waals surface area contributed by atoms with Crippen molar-refractivity contribution in [1.82, 2.24) is 0 Å². The number of fused-ring (bicyclic) bond motifs is 2.